The third kappa shape index (κ3) is 5.43. The van der Waals surface area contributed by atoms with E-state index in [4.69, 9.17) is 44.9 Å². The van der Waals surface area contributed by atoms with Crippen molar-refractivity contribution < 1.29 is 19.1 Å². The smallest absolute Gasteiger partial charge is 0.265 e. The van der Waals surface area contributed by atoms with Crippen LogP contribution in [-0.4, -0.2) is 35.5 Å². The van der Waals surface area contributed by atoms with E-state index in [-0.39, 0.29) is 23.8 Å². The minimum Gasteiger partial charge on any atom is -0.493 e. The van der Waals surface area contributed by atoms with Crippen molar-refractivity contribution in [3.8, 4) is 11.5 Å². The zero-order valence-electron chi connectivity index (χ0n) is 16.8. The van der Waals surface area contributed by atoms with Crippen LogP contribution in [0.1, 0.15) is 11.1 Å². The summed E-state index contributed by atoms with van der Waals surface area (Å²) in [4.78, 5) is 26.4. The highest BCUT2D eigenvalue weighted by atomic mass is 127. The highest BCUT2D eigenvalue weighted by molar-refractivity contribution is 14.1. The van der Waals surface area contributed by atoms with Gasteiger partial charge in [-0.25, -0.2) is 0 Å². The molecule has 0 saturated carbocycles. The Hall–Kier alpha value is -2.14. The molecule has 1 N–H and O–H groups in total. The quantitative estimate of drug-likeness (QED) is 0.159. The second kappa shape index (κ2) is 10.7. The molecule has 10 heteroatoms. The van der Waals surface area contributed by atoms with Gasteiger partial charge in [-0.3, -0.25) is 19.8 Å². The van der Waals surface area contributed by atoms with Crippen LogP contribution in [0.3, 0.4) is 0 Å². The van der Waals surface area contributed by atoms with Crippen LogP contribution >= 0.6 is 58.0 Å². The molecule has 166 valence electrons. The molecule has 2 aromatic rings. The van der Waals surface area contributed by atoms with Crippen LogP contribution in [0, 0.1) is 3.57 Å². The third-order valence-corrected chi connectivity index (χ3v) is 6.29. The first-order valence-electron chi connectivity index (χ1n) is 9.19. The van der Waals surface area contributed by atoms with Gasteiger partial charge in [0.1, 0.15) is 12.2 Å². The number of carbonyl (C=O) groups excluding carboxylic acids is 2. The number of rotatable bonds is 7. The Morgan fingerprint density at radius 2 is 1.97 bits per heavy atom. The van der Waals surface area contributed by atoms with Gasteiger partial charge < -0.3 is 9.47 Å². The van der Waals surface area contributed by atoms with Gasteiger partial charge in [-0.1, -0.05) is 35.3 Å². The van der Waals surface area contributed by atoms with Crippen LogP contribution in [0.15, 0.2) is 48.6 Å². The zero-order chi connectivity index (χ0) is 23.4. The highest BCUT2D eigenvalue weighted by Crippen LogP contribution is 2.35. The van der Waals surface area contributed by atoms with Crippen LogP contribution in [0.4, 0.5) is 0 Å². The molecule has 1 aliphatic heterocycles. The molecular formula is C22H17Cl2IN2O4S. The van der Waals surface area contributed by atoms with Crippen molar-refractivity contribution in [1.29, 1.82) is 0 Å². The second-order valence-corrected chi connectivity index (χ2v) is 8.96. The summed E-state index contributed by atoms with van der Waals surface area (Å²) < 4.78 is 12.2. The van der Waals surface area contributed by atoms with E-state index in [9.17, 15) is 9.59 Å². The van der Waals surface area contributed by atoms with Gasteiger partial charge in [-0.15, -0.1) is 6.58 Å². The Bertz CT molecular complexity index is 1150. The van der Waals surface area contributed by atoms with Crippen LogP contribution < -0.4 is 14.8 Å². The highest BCUT2D eigenvalue weighted by Gasteiger charge is 2.32. The largest absolute Gasteiger partial charge is 0.493 e. The third-order valence-electron chi connectivity index (χ3n) is 4.43. The van der Waals surface area contributed by atoms with Crippen molar-refractivity contribution in [1.82, 2.24) is 10.2 Å². The lowest BCUT2D eigenvalue weighted by molar-refractivity contribution is -0.128. The van der Waals surface area contributed by atoms with Crippen molar-refractivity contribution in [3.63, 3.8) is 0 Å². The molecule has 6 nitrogen and oxygen atoms in total. The number of hydrogen-bond donors (Lipinski definition) is 1. The first kappa shape index (κ1) is 24.5. The molecule has 3 rings (SSSR count). The fourth-order valence-corrected chi connectivity index (χ4v) is 4.26. The van der Waals surface area contributed by atoms with Gasteiger partial charge in [0, 0.05) is 6.54 Å². The summed E-state index contributed by atoms with van der Waals surface area (Å²) >= 11 is 19.2. The Balaban J connectivity index is 1.89. The summed E-state index contributed by atoms with van der Waals surface area (Å²) in [6.45, 7) is 4.05. The van der Waals surface area contributed by atoms with E-state index in [1.54, 1.807) is 24.3 Å². The molecule has 0 radical (unpaired) electrons. The molecule has 0 aromatic heterocycles. The van der Waals surface area contributed by atoms with Crippen molar-refractivity contribution in [2.24, 2.45) is 0 Å². The lowest BCUT2D eigenvalue weighted by Gasteiger charge is -2.27. The van der Waals surface area contributed by atoms with E-state index >= 15 is 0 Å². The summed E-state index contributed by atoms with van der Waals surface area (Å²) in [7, 11) is 1.51. The number of nitrogens with one attached hydrogen (secondary N) is 1. The fourth-order valence-electron chi connectivity index (χ4n) is 2.90. The first-order chi connectivity index (χ1) is 15.2. The Morgan fingerprint density at radius 3 is 2.62 bits per heavy atom. The summed E-state index contributed by atoms with van der Waals surface area (Å²) in [5.41, 5.74) is 1.40. The van der Waals surface area contributed by atoms with Gasteiger partial charge in [-0.2, -0.15) is 0 Å². The minimum absolute atomic E-state index is 0.0391. The molecule has 2 aromatic carbocycles. The van der Waals surface area contributed by atoms with Crippen molar-refractivity contribution in [2.45, 2.75) is 6.61 Å². The molecule has 0 atom stereocenters. The molecule has 1 heterocycles. The van der Waals surface area contributed by atoms with E-state index < -0.39 is 11.8 Å². The summed E-state index contributed by atoms with van der Waals surface area (Å²) in [6, 6.07) is 8.72. The minimum atomic E-state index is -0.561. The SMILES string of the molecule is C=CCN1C(=O)/C(=C/c2cc(I)c(OCc3ccc(Cl)c(Cl)c3)c(OC)c2)C(=O)NC1=S. The number of benzene rings is 2. The van der Waals surface area contributed by atoms with E-state index in [1.165, 1.54) is 24.2 Å². The number of hydrogen-bond acceptors (Lipinski definition) is 5. The Morgan fingerprint density at radius 1 is 1.22 bits per heavy atom. The molecule has 0 bridgehead atoms. The van der Waals surface area contributed by atoms with E-state index in [0.29, 0.717) is 27.1 Å². The average Bonchev–Trinajstić information content (AvgIpc) is 2.75. The zero-order valence-corrected chi connectivity index (χ0v) is 21.3. The molecule has 0 unspecified atom stereocenters. The lowest BCUT2D eigenvalue weighted by atomic mass is 10.1. The van der Waals surface area contributed by atoms with E-state index in [1.807, 2.05) is 6.07 Å². The lowest BCUT2D eigenvalue weighted by Crippen LogP contribution is -2.53. The molecule has 1 aliphatic rings. The van der Waals surface area contributed by atoms with Crippen molar-refractivity contribution >= 4 is 81.0 Å². The first-order valence-corrected chi connectivity index (χ1v) is 11.4. The molecule has 0 aliphatic carbocycles. The number of nitrogens with zero attached hydrogens (tertiary/aromatic N) is 1. The maximum Gasteiger partial charge on any atom is 0.265 e. The Kier molecular flexibility index (Phi) is 8.16. The maximum absolute atomic E-state index is 12.7. The number of carbonyl (C=O) groups is 2. The van der Waals surface area contributed by atoms with Gasteiger partial charge in [-0.05, 0) is 76.3 Å². The maximum atomic E-state index is 12.7. The fraction of sp³-hybridized carbons (Fsp3) is 0.136. The summed E-state index contributed by atoms with van der Waals surface area (Å²) in [5.74, 6) is -0.0806. The van der Waals surface area contributed by atoms with Gasteiger partial charge in [0.15, 0.2) is 16.6 Å². The van der Waals surface area contributed by atoms with Gasteiger partial charge in [0.25, 0.3) is 11.8 Å². The predicted octanol–water partition coefficient (Wildman–Crippen LogP) is 5.00. The second-order valence-electron chi connectivity index (χ2n) is 6.59. The summed E-state index contributed by atoms with van der Waals surface area (Å²) in [6.07, 6.45) is 3.02. The van der Waals surface area contributed by atoms with Crippen molar-refractivity contribution in [3.05, 3.63) is 73.3 Å². The monoisotopic (exact) mass is 602 g/mol. The topological polar surface area (TPSA) is 67.9 Å². The normalized spacial score (nSPS) is 15.1. The number of halogens is 3. The van der Waals surface area contributed by atoms with Crippen LogP contribution in [0.5, 0.6) is 11.5 Å². The molecular weight excluding hydrogens is 586 g/mol. The number of amides is 2. The van der Waals surface area contributed by atoms with E-state index in [0.717, 1.165) is 9.13 Å². The molecule has 1 fully saturated rings. The van der Waals surface area contributed by atoms with Crippen LogP contribution in [0.25, 0.3) is 6.08 Å². The van der Waals surface area contributed by atoms with E-state index in [2.05, 4.69) is 34.5 Å². The number of ether oxygens (including phenoxy) is 2. The summed E-state index contributed by atoms with van der Waals surface area (Å²) in [5, 5.41) is 3.48. The van der Waals surface area contributed by atoms with Gasteiger partial charge >= 0.3 is 0 Å². The molecule has 0 spiro atoms. The van der Waals surface area contributed by atoms with Gasteiger partial charge in [0.05, 0.1) is 20.7 Å². The van der Waals surface area contributed by atoms with Crippen LogP contribution in [-0.2, 0) is 16.2 Å². The van der Waals surface area contributed by atoms with Gasteiger partial charge in [0.2, 0.25) is 0 Å². The molecule has 2 amide bonds. The standard InChI is InChI=1S/C22H17Cl2IN2O4S/c1-3-6-27-21(29)14(20(28)26-22(27)32)7-13-9-17(25)19(18(10-13)30-2)31-11-12-4-5-15(23)16(24)8-12/h3-5,7-10H,1,6,11H2,2H3,(H,26,28,32)/b14-7+. The predicted molar refractivity (Wildman–Crippen MR) is 137 cm³/mol. The van der Waals surface area contributed by atoms with Crippen LogP contribution in [0.2, 0.25) is 10.0 Å². The average molecular weight is 603 g/mol. The molecule has 1 saturated heterocycles. The number of thiocarbonyl (C=S) groups is 1. The molecule has 32 heavy (non-hydrogen) atoms. The van der Waals surface area contributed by atoms with Crippen molar-refractivity contribution in [2.75, 3.05) is 13.7 Å². The Labute approximate surface area is 214 Å². The number of methoxy groups -OCH3 is 1.